The van der Waals surface area contributed by atoms with E-state index in [9.17, 15) is 14.0 Å². The predicted octanol–water partition coefficient (Wildman–Crippen LogP) is 3.82. The van der Waals surface area contributed by atoms with Gasteiger partial charge in [0, 0.05) is 13.1 Å². The van der Waals surface area contributed by atoms with Crippen LogP contribution >= 0.6 is 0 Å². The van der Waals surface area contributed by atoms with Gasteiger partial charge < -0.3 is 14.2 Å². The number of carbonyl (C=O) groups is 1. The lowest BCUT2D eigenvalue weighted by Crippen LogP contribution is -2.37. The third-order valence-corrected chi connectivity index (χ3v) is 5.59. The van der Waals surface area contributed by atoms with Gasteiger partial charge in [0.25, 0.3) is 5.91 Å². The Bertz CT molecular complexity index is 1120. The Morgan fingerprint density at radius 1 is 1.07 bits per heavy atom. The summed E-state index contributed by atoms with van der Waals surface area (Å²) in [6, 6.07) is 12.3. The van der Waals surface area contributed by atoms with Gasteiger partial charge in [0.1, 0.15) is 11.4 Å². The Kier molecular flexibility index (Phi) is 5.20. The molecule has 150 valence electrons. The number of halogens is 1. The average molecular weight is 394 g/mol. The molecule has 0 bridgehead atoms. The van der Waals surface area contributed by atoms with Gasteiger partial charge in [-0.25, -0.2) is 4.39 Å². The zero-order chi connectivity index (χ0) is 20.5. The van der Waals surface area contributed by atoms with Gasteiger partial charge in [-0.3, -0.25) is 9.59 Å². The van der Waals surface area contributed by atoms with Crippen molar-refractivity contribution in [3.63, 3.8) is 0 Å². The summed E-state index contributed by atoms with van der Waals surface area (Å²) >= 11 is 0. The zero-order valence-electron chi connectivity index (χ0n) is 16.5. The standard InChI is InChI=1S/C23H23FN2O3/c1-3-25(4-2)12-13-26-20(15-8-7-9-16(24)14-15)19-21(27)17-10-5-6-11-18(17)29-22(19)23(26)28/h5-11,14,20H,3-4,12-13H2,1-2H3/t20-/m1/s1. The summed E-state index contributed by atoms with van der Waals surface area (Å²) in [5.74, 6) is -0.677. The molecule has 1 atom stereocenters. The molecule has 3 aromatic rings. The summed E-state index contributed by atoms with van der Waals surface area (Å²) in [7, 11) is 0. The second kappa shape index (κ2) is 7.79. The van der Waals surface area contributed by atoms with Gasteiger partial charge in [-0.1, -0.05) is 38.1 Å². The van der Waals surface area contributed by atoms with Gasteiger partial charge in [0.2, 0.25) is 5.76 Å². The Hall–Kier alpha value is -2.99. The van der Waals surface area contributed by atoms with E-state index >= 15 is 0 Å². The first-order chi connectivity index (χ1) is 14.0. The van der Waals surface area contributed by atoms with Crippen molar-refractivity contribution in [2.24, 2.45) is 0 Å². The van der Waals surface area contributed by atoms with Crippen molar-refractivity contribution < 1.29 is 13.6 Å². The Labute approximate surface area is 168 Å². The highest BCUT2D eigenvalue weighted by molar-refractivity contribution is 5.99. The molecule has 29 heavy (non-hydrogen) atoms. The highest BCUT2D eigenvalue weighted by atomic mass is 19.1. The maximum atomic E-state index is 14.0. The topological polar surface area (TPSA) is 53.8 Å². The fourth-order valence-corrected chi connectivity index (χ4v) is 4.01. The van der Waals surface area contributed by atoms with Crippen LogP contribution in [0.15, 0.2) is 57.7 Å². The first kappa shape index (κ1) is 19.3. The molecule has 2 aromatic carbocycles. The highest BCUT2D eigenvalue weighted by Crippen LogP contribution is 2.38. The Balaban J connectivity index is 1.87. The van der Waals surface area contributed by atoms with Crippen LogP contribution in [0.1, 0.15) is 41.6 Å². The van der Waals surface area contributed by atoms with Crippen LogP contribution in [0.25, 0.3) is 11.0 Å². The number of hydrogen-bond donors (Lipinski definition) is 0. The first-order valence-electron chi connectivity index (χ1n) is 9.89. The van der Waals surface area contributed by atoms with Gasteiger partial charge in [0.15, 0.2) is 5.43 Å². The SMILES string of the molecule is CCN(CC)CCN1C(=O)c2oc3ccccc3c(=O)c2[C@H]1c1cccc(F)c1. The number of para-hydroxylation sites is 1. The van der Waals surface area contributed by atoms with Crippen LogP contribution in [0.2, 0.25) is 0 Å². The molecule has 0 unspecified atom stereocenters. The van der Waals surface area contributed by atoms with Gasteiger partial charge in [-0.05, 0) is 42.9 Å². The average Bonchev–Trinajstić information content (AvgIpc) is 3.01. The number of rotatable bonds is 6. The molecule has 0 saturated carbocycles. The van der Waals surface area contributed by atoms with Crippen LogP contribution in [0.3, 0.4) is 0 Å². The molecule has 0 N–H and O–H groups in total. The van der Waals surface area contributed by atoms with Crippen LogP contribution in [0.4, 0.5) is 4.39 Å². The molecule has 2 heterocycles. The third-order valence-electron chi connectivity index (χ3n) is 5.59. The molecule has 0 fully saturated rings. The van der Waals surface area contributed by atoms with Crippen molar-refractivity contribution in [2.45, 2.75) is 19.9 Å². The van der Waals surface area contributed by atoms with Crippen LogP contribution < -0.4 is 5.43 Å². The number of benzene rings is 2. The second-order valence-electron chi connectivity index (χ2n) is 7.15. The van der Waals surface area contributed by atoms with Gasteiger partial charge in [-0.15, -0.1) is 0 Å². The molecule has 1 aliphatic heterocycles. The predicted molar refractivity (Wildman–Crippen MR) is 110 cm³/mol. The molecule has 6 heteroatoms. The fourth-order valence-electron chi connectivity index (χ4n) is 4.01. The van der Waals surface area contributed by atoms with E-state index in [1.165, 1.54) is 12.1 Å². The van der Waals surface area contributed by atoms with Crippen molar-refractivity contribution in [1.29, 1.82) is 0 Å². The van der Waals surface area contributed by atoms with E-state index in [4.69, 9.17) is 4.42 Å². The molecule has 4 rings (SSSR count). The number of nitrogens with zero attached hydrogens (tertiary/aromatic N) is 2. The number of amides is 1. The van der Waals surface area contributed by atoms with E-state index in [-0.39, 0.29) is 17.1 Å². The van der Waals surface area contributed by atoms with E-state index in [0.717, 1.165) is 13.1 Å². The fraction of sp³-hybridized carbons (Fsp3) is 0.304. The van der Waals surface area contributed by atoms with E-state index in [0.29, 0.717) is 35.2 Å². The summed E-state index contributed by atoms with van der Waals surface area (Å²) < 4.78 is 19.9. The summed E-state index contributed by atoms with van der Waals surface area (Å²) in [5, 5.41) is 0.422. The molecule has 0 aliphatic carbocycles. The molecule has 0 spiro atoms. The highest BCUT2D eigenvalue weighted by Gasteiger charge is 2.42. The minimum Gasteiger partial charge on any atom is -0.450 e. The van der Waals surface area contributed by atoms with Crippen LogP contribution in [0, 0.1) is 5.82 Å². The van der Waals surface area contributed by atoms with Crippen molar-refractivity contribution in [1.82, 2.24) is 9.80 Å². The lowest BCUT2D eigenvalue weighted by molar-refractivity contribution is 0.0708. The second-order valence-corrected chi connectivity index (χ2v) is 7.15. The maximum Gasteiger partial charge on any atom is 0.290 e. The number of carbonyl (C=O) groups excluding carboxylic acids is 1. The van der Waals surface area contributed by atoms with Gasteiger partial charge in [-0.2, -0.15) is 0 Å². The molecule has 0 radical (unpaired) electrons. The third kappa shape index (κ3) is 3.34. The Morgan fingerprint density at radius 2 is 1.83 bits per heavy atom. The largest absolute Gasteiger partial charge is 0.450 e. The van der Waals surface area contributed by atoms with E-state index in [1.54, 1.807) is 41.3 Å². The molecule has 1 aliphatic rings. The number of likely N-dealkylation sites (N-methyl/N-ethyl adjacent to an activating group) is 1. The zero-order valence-corrected chi connectivity index (χ0v) is 16.5. The summed E-state index contributed by atoms with van der Waals surface area (Å²) in [6.07, 6.45) is 0. The van der Waals surface area contributed by atoms with Gasteiger partial charge >= 0.3 is 0 Å². The first-order valence-corrected chi connectivity index (χ1v) is 9.89. The summed E-state index contributed by atoms with van der Waals surface area (Å²) in [4.78, 5) is 30.3. The molecule has 1 amide bonds. The lowest BCUT2D eigenvalue weighted by Gasteiger charge is -2.28. The normalized spacial score (nSPS) is 16.1. The van der Waals surface area contributed by atoms with Crippen molar-refractivity contribution in [3.8, 4) is 0 Å². The van der Waals surface area contributed by atoms with Crippen LogP contribution in [-0.4, -0.2) is 41.9 Å². The van der Waals surface area contributed by atoms with E-state index < -0.39 is 11.9 Å². The van der Waals surface area contributed by atoms with E-state index in [2.05, 4.69) is 18.7 Å². The van der Waals surface area contributed by atoms with Crippen LogP contribution in [-0.2, 0) is 0 Å². The lowest BCUT2D eigenvalue weighted by atomic mass is 9.98. The monoisotopic (exact) mass is 394 g/mol. The number of fused-ring (bicyclic) bond motifs is 2. The Morgan fingerprint density at radius 3 is 2.55 bits per heavy atom. The van der Waals surface area contributed by atoms with Crippen molar-refractivity contribution in [2.75, 3.05) is 26.2 Å². The molecule has 5 nitrogen and oxygen atoms in total. The maximum absolute atomic E-state index is 14.0. The van der Waals surface area contributed by atoms with Crippen LogP contribution in [0.5, 0.6) is 0 Å². The smallest absolute Gasteiger partial charge is 0.290 e. The molecular formula is C23H23FN2O3. The summed E-state index contributed by atoms with van der Waals surface area (Å²) in [6.45, 7) is 6.92. The van der Waals surface area contributed by atoms with Gasteiger partial charge in [0.05, 0.1) is 17.0 Å². The van der Waals surface area contributed by atoms with Crippen molar-refractivity contribution >= 4 is 16.9 Å². The summed E-state index contributed by atoms with van der Waals surface area (Å²) in [5.41, 5.74) is 1.00. The number of hydrogen-bond acceptors (Lipinski definition) is 4. The molecular weight excluding hydrogens is 371 g/mol. The molecule has 1 aromatic heterocycles. The quantitative estimate of drug-likeness (QED) is 0.638. The van der Waals surface area contributed by atoms with Crippen molar-refractivity contribution in [3.05, 3.63) is 81.5 Å². The minimum absolute atomic E-state index is 0.0579. The minimum atomic E-state index is -0.662. The van der Waals surface area contributed by atoms with E-state index in [1.807, 2.05) is 0 Å². The molecule has 0 saturated heterocycles.